The van der Waals surface area contributed by atoms with Crippen molar-refractivity contribution in [3.63, 3.8) is 0 Å². The van der Waals surface area contributed by atoms with E-state index >= 15 is 0 Å². The predicted octanol–water partition coefficient (Wildman–Crippen LogP) is 2.79. The van der Waals surface area contributed by atoms with Crippen LogP contribution in [0.4, 0.5) is 0 Å². The van der Waals surface area contributed by atoms with E-state index in [1.54, 1.807) is 23.4 Å². The van der Waals surface area contributed by atoms with Crippen LogP contribution in [0.5, 0.6) is 0 Å². The van der Waals surface area contributed by atoms with Gasteiger partial charge in [-0.2, -0.15) is 4.31 Å². The normalized spacial score (nSPS) is 24.2. The van der Waals surface area contributed by atoms with Gasteiger partial charge in [-0.15, -0.1) is 0 Å². The summed E-state index contributed by atoms with van der Waals surface area (Å²) in [5.41, 5.74) is 6.54. The van der Waals surface area contributed by atoms with Crippen molar-refractivity contribution in [3.05, 3.63) is 28.8 Å². The molecule has 6 heteroatoms. The van der Waals surface area contributed by atoms with Crippen LogP contribution in [-0.4, -0.2) is 31.9 Å². The zero-order valence-corrected chi connectivity index (χ0v) is 14.1. The first-order valence-electron chi connectivity index (χ1n) is 7.38. The summed E-state index contributed by atoms with van der Waals surface area (Å²) in [4.78, 5) is 0.295. The molecular weight excluding hydrogens is 308 g/mol. The highest BCUT2D eigenvalue weighted by atomic mass is 35.5. The molecule has 0 aliphatic carbocycles. The maximum absolute atomic E-state index is 12.9. The third-order valence-electron chi connectivity index (χ3n) is 4.36. The lowest BCUT2D eigenvalue weighted by atomic mass is 9.90. The zero-order valence-electron chi connectivity index (χ0n) is 12.5. The third kappa shape index (κ3) is 3.42. The molecule has 1 saturated heterocycles. The van der Waals surface area contributed by atoms with Gasteiger partial charge in [-0.05, 0) is 43.4 Å². The van der Waals surface area contributed by atoms with Gasteiger partial charge in [-0.1, -0.05) is 31.0 Å². The minimum absolute atomic E-state index is 0.118. The summed E-state index contributed by atoms with van der Waals surface area (Å²) in [6, 6.07) is 4.86. The summed E-state index contributed by atoms with van der Waals surface area (Å²) in [7, 11) is -3.54. The van der Waals surface area contributed by atoms with Crippen LogP contribution in [0.15, 0.2) is 23.1 Å². The van der Waals surface area contributed by atoms with E-state index in [1.165, 1.54) is 6.07 Å². The number of hydrogen-bond acceptors (Lipinski definition) is 3. The topological polar surface area (TPSA) is 63.4 Å². The van der Waals surface area contributed by atoms with Gasteiger partial charge in [0.15, 0.2) is 0 Å². The first kappa shape index (κ1) is 16.7. The van der Waals surface area contributed by atoms with Gasteiger partial charge in [-0.3, -0.25) is 0 Å². The van der Waals surface area contributed by atoms with Gasteiger partial charge in [-0.25, -0.2) is 8.42 Å². The Morgan fingerprint density at radius 3 is 2.76 bits per heavy atom. The second kappa shape index (κ2) is 6.65. The number of rotatable bonds is 4. The summed E-state index contributed by atoms with van der Waals surface area (Å²) in [6.07, 6.45) is 2.80. The molecule has 0 spiro atoms. The van der Waals surface area contributed by atoms with Crippen LogP contribution in [0.2, 0.25) is 5.02 Å². The highest BCUT2D eigenvalue weighted by molar-refractivity contribution is 7.89. The highest BCUT2D eigenvalue weighted by Gasteiger charge is 2.36. The largest absolute Gasteiger partial charge is 0.329 e. The molecule has 21 heavy (non-hydrogen) atoms. The Morgan fingerprint density at radius 1 is 1.43 bits per heavy atom. The minimum Gasteiger partial charge on any atom is -0.329 e. The summed E-state index contributed by atoms with van der Waals surface area (Å²) in [6.45, 7) is 4.83. The standard InChI is InChI=1S/C15H23ClN2O2S/c1-3-12-6-7-18(14(8-12)10-17)21(19,20)15-9-13(16)5-4-11(15)2/h4-5,9,12,14H,3,6-8,10,17H2,1-2H3. The fourth-order valence-corrected chi connectivity index (χ4v) is 5.14. The number of nitrogens with zero attached hydrogens (tertiary/aromatic N) is 1. The number of halogens is 1. The van der Waals surface area contributed by atoms with Crippen molar-refractivity contribution in [2.45, 2.75) is 44.0 Å². The molecular formula is C15H23ClN2O2S. The number of sulfonamides is 1. The van der Waals surface area contributed by atoms with Crippen molar-refractivity contribution in [3.8, 4) is 0 Å². The lowest BCUT2D eigenvalue weighted by molar-refractivity contribution is 0.197. The molecule has 2 unspecified atom stereocenters. The molecule has 1 fully saturated rings. The van der Waals surface area contributed by atoms with E-state index in [-0.39, 0.29) is 6.04 Å². The van der Waals surface area contributed by atoms with E-state index in [4.69, 9.17) is 17.3 Å². The molecule has 0 amide bonds. The second-order valence-electron chi connectivity index (χ2n) is 5.71. The van der Waals surface area contributed by atoms with Crippen molar-refractivity contribution >= 4 is 21.6 Å². The lowest BCUT2D eigenvalue weighted by Gasteiger charge is -2.38. The highest BCUT2D eigenvalue weighted by Crippen LogP contribution is 2.31. The molecule has 1 aromatic rings. The number of hydrogen-bond donors (Lipinski definition) is 1. The van der Waals surface area contributed by atoms with Crippen LogP contribution >= 0.6 is 11.6 Å². The zero-order chi connectivity index (χ0) is 15.6. The van der Waals surface area contributed by atoms with Gasteiger partial charge in [0.05, 0.1) is 4.90 Å². The summed E-state index contributed by atoms with van der Waals surface area (Å²) >= 11 is 5.97. The van der Waals surface area contributed by atoms with Crippen molar-refractivity contribution < 1.29 is 8.42 Å². The van der Waals surface area contributed by atoms with Crippen LogP contribution in [-0.2, 0) is 10.0 Å². The van der Waals surface area contributed by atoms with E-state index in [0.717, 1.165) is 19.3 Å². The molecule has 118 valence electrons. The van der Waals surface area contributed by atoms with Crippen LogP contribution in [0.1, 0.15) is 31.7 Å². The van der Waals surface area contributed by atoms with Crippen molar-refractivity contribution in [1.29, 1.82) is 0 Å². The molecule has 1 aliphatic rings. The monoisotopic (exact) mass is 330 g/mol. The average Bonchev–Trinajstić information content (AvgIpc) is 2.48. The number of nitrogens with two attached hydrogens (primary N) is 1. The van der Waals surface area contributed by atoms with E-state index in [9.17, 15) is 8.42 Å². The molecule has 0 radical (unpaired) electrons. The first-order chi connectivity index (χ1) is 9.90. The van der Waals surface area contributed by atoms with E-state index in [0.29, 0.717) is 34.5 Å². The smallest absolute Gasteiger partial charge is 0.243 e. The Labute approximate surface area is 132 Å². The first-order valence-corrected chi connectivity index (χ1v) is 9.20. The maximum Gasteiger partial charge on any atom is 0.243 e. The van der Waals surface area contributed by atoms with Crippen molar-refractivity contribution in [2.24, 2.45) is 11.7 Å². The van der Waals surface area contributed by atoms with Gasteiger partial charge in [0.25, 0.3) is 0 Å². The molecule has 4 nitrogen and oxygen atoms in total. The fraction of sp³-hybridized carbons (Fsp3) is 0.600. The fourth-order valence-electron chi connectivity index (χ4n) is 2.99. The molecule has 0 aromatic heterocycles. The molecule has 2 N–H and O–H groups in total. The molecule has 0 saturated carbocycles. The van der Waals surface area contributed by atoms with Gasteiger partial charge < -0.3 is 5.73 Å². The Bertz CT molecular complexity index is 604. The predicted molar refractivity (Wildman–Crippen MR) is 85.9 cm³/mol. The lowest BCUT2D eigenvalue weighted by Crippen LogP contribution is -2.49. The molecule has 0 bridgehead atoms. The van der Waals surface area contributed by atoms with Gasteiger partial charge in [0.2, 0.25) is 10.0 Å². The average molecular weight is 331 g/mol. The van der Waals surface area contributed by atoms with Crippen molar-refractivity contribution in [1.82, 2.24) is 4.31 Å². The number of aryl methyl sites for hydroxylation is 1. The molecule has 1 heterocycles. The molecule has 2 atom stereocenters. The van der Waals surface area contributed by atoms with Crippen LogP contribution in [0, 0.1) is 12.8 Å². The van der Waals surface area contributed by atoms with E-state index in [1.807, 2.05) is 0 Å². The van der Waals surface area contributed by atoms with Crippen molar-refractivity contribution in [2.75, 3.05) is 13.1 Å². The minimum atomic E-state index is -3.54. The summed E-state index contributed by atoms with van der Waals surface area (Å²) in [5, 5.41) is 0.437. The summed E-state index contributed by atoms with van der Waals surface area (Å²) in [5.74, 6) is 0.561. The van der Waals surface area contributed by atoms with E-state index in [2.05, 4.69) is 6.92 Å². The van der Waals surface area contributed by atoms with Gasteiger partial charge in [0, 0.05) is 24.2 Å². The quantitative estimate of drug-likeness (QED) is 0.923. The third-order valence-corrected chi connectivity index (χ3v) is 6.69. The SMILES string of the molecule is CCC1CCN(S(=O)(=O)c2cc(Cl)ccc2C)C(CN)C1. The Kier molecular flexibility index (Phi) is 5.30. The Morgan fingerprint density at radius 2 is 2.14 bits per heavy atom. The van der Waals surface area contributed by atoms with E-state index < -0.39 is 10.0 Å². The van der Waals surface area contributed by atoms with Crippen LogP contribution in [0.3, 0.4) is 0 Å². The van der Waals surface area contributed by atoms with Crippen LogP contribution < -0.4 is 5.73 Å². The second-order valence-corrected chi connectivity index (χ2v) is 8.01. The maximum atomic E-state index is 12.9. The number of piperidine rings is 1. The molecule has 1 aromatic carbocycles. The number of benzene rings is 1. The Hall–Kier alpha value is -0.620. The van der Waals surface area contributed by atoms with Crippen LogP contribution in [0.25, 0.3) is 0 Å². The van der Waals surface area contributed by atoms with Gasteiger partial charge >= 0.3 is 0 Å². The Balaban J connectivity index is 2.36. The summed E-state index contributed by atoms with van der Waals surface area (Å²) < 4.78 is 27.4. The van der Waals surface area contributed by atoms with Gasteiger partial charge in [0.1, 0.15) is 0 Å². The molecule has 2 rings (SSSR count). The molecule has 1 aliphatic heterocycles.